The van der Waals surface area contributed by atoms with E-state index in [2.05, 4.69) is 9.97 Å². The summed E-state index contributed by atoms with van der Waals surface area (Å²) in [7, 11) is 0. The van der Waals surface area contributed by atoms with Gasteiger partial charge in [0.2, 0.25) is 5.95 Å². The molecule has 0 unspecified atom stereocenters. The monoisotopic (exact) mass is 237 g/mol. The molecule has 17 heavy (non-hydrogen) atoms. The second kappa shape index (κ2) is 5.09. The van der Waals surface area contributed by atoms with E-state index in [9.17, 15) is 4.79 Å². The van der Waals surface area contributed by atoms with Crippen molar-refractivity contribution in [2.75, 3.05) is 31.2 Å². The molecule has 6 heteroatoms. The van der Waals surface area contributed by atoms with Crippen LogP contribution in [0, 0.1) is 0 Å². The minimum Gasteiger partial charge on any atom is -0.477 e. The number of rotatable bonds is 3. The van der Waals surface area contributed by atoms with E-state index in [4.69, 9.17) is 9.84 Å². The van der Waals surface area contributed by atoms with Crippen molar-refractivity contribution in [3.63, 3.8) is 0 Å². The second-order valence-corrected chi connectivity index (χ2v) is 3.80. The molecule has 0 radical (unpaired) electrons. The normalized spacial score (nSPS) is 15.9. The zero-order valence-corrected chi connectivity index (χ0v) is 9.72. The molecule has 1 aliphatic rings. The Hall–Kier alpha value is -1.69. The summed E-state index contributed by atoms with van der Waals surface area (Å²) >= 11 is 0. The number of morpholine rings is 1. The Morgan fingerprint density at radius 1 is 1.47 bits per heavy atom. The van der Waals surface area contributed by atoms with E-state index in [0.717, 1.165) is 5.69 Å². The lowest BCUT2D eigenvalue weighted by atomic mass is 10.2. The number of aryl methyl sites for hydroxylation is 1. The van der Waals surface area contributed by atoms with E-state index >= 15 is 0 Å². The molecule has 0 saturated carbocycles. The number of ether oxygens (including phenoxy) is 1. The van der Waals surface area contributed by atoms with Gasteiger partial charge in [-0.3, -0.25) is 0 Å². The summed E-state index contributed by atoms with van der Waals surface area (Å²) in [5.74, 6) is -0.526. The Morgan fingerprint density at radius 3 is 2.76 bits per heavy atom. The van der Waals surface area contributed by atoms with E-state index in [1.807, 2.05) is 11.8 Å². The summed E-state index contributed by atoms with van der Waals surface area (Å²) in [5.41, 5.74) is 0.803. The van der Waals surface area contributed by atoms with Gasteiger partial charge in [-0.05, 0) is 12.5 Å². The highest BCUT2D eigenvalue weighted by atomic mass is 16.5. The number of aromatic nitrogens is 2. The highest BCUT2D eigenvalue weighted by molar-refractivity contribution is 5.85. The van der Waals surface area contributed by atoms with Crippen molar-refractivity contribution in [2.24, 2.45) is 0 Å². The smallest absolute Gasteiger partial charge is 0.354 e. The van der Waals surface area contributed by atoms with Gasteiger partial charge in [0.1, 0.15) is 0 Å². The maximum absolute atomic E-state index is 11.0. The number of anilines is 1. The lowest BCUT2D eigenvalue weighted by Gasteiger charge is -2.27. The maximum Gasteiger partial charge on any atom is 0.354 e. The van der Waals surface area contributed by atoms with Crippen LogP contribution in [-0.2, 0) is 11.2 Å². The molecule has 0 aromatic carbocycles. The number of carboxylic acids is 1. The zero-order chi connectivity index (χ0) is 12.3. The van der Waals surface area contributed by atoms with E-state index in [1.54, 1.807) is 0 Å². The van der Waals surface area contributed by atoms with Crippen LogP contribution >= 0.6 is 0 Å². The van der Waals surface area contributed by atoms with Crippen molar-refractivity contribution in [3.8, 4) is 0 Å². The third-order valence-electron chi connectivity index (χ3n) is 2.64. The molecular weight excluding hydrogens is 222 g/mol. The lowest BCUT2D eigenvalue weighted by molar-refractivity contribution is 0.0690. The topological polar surface area (TPSA) is 75.5 Å². The van der Waals surface area contributed by atoms with Crippen molar-refractivity contribution >= 4 is 11.9 Å². The Kier molecular flexibility index (Phi) is 3.53. The van der Waals surface area contributed by atoms with E-state index in [0.29, 0.717) is 38.7 Å². The second-order valence-electron chi connectivity index (χ2n) is 3.80. The quantitative estimate of drug-likeness (QED) is 0.828. The summed E-state index contributed by atoms with van der Waals surface area (Å²) in [6.07, 6.45) is 0.695. The predicted molar refractivity (Wildman–Crippen MR) is 61.4 cm³/mol. The number of hydrogen-bond donors (Lipinski definition) is 1. The third kappa shape index (κ3) is 2.71. The van der Waals surface area contributed by atoms with Crippen LogP contribution in [0.1, 0.15) is 23.1 Å². The molecular formula is C11H15N3O3. The summed E-state index contributed by atoms with van der Waals surface area (Å²) in [4.78, 5) is 21.3. The molecule has 1 fully saturated rings. The van der Waals surface area contributed by atoms with Gasteiger partial charge in [-0.15, -0.1) is 0 Å². The van der Waals surface area contributed by atoms with Gasteiger partial charge in [-0.2, -0.15) is 0 Å². The molecule has 2 rings (SSSR count). The average molecular weight is 237 g/mol. The molecule has 1 aliphatic heterocycles. The first kappa shape index (κ1) is 11.8. The van der Waals surface area contributed by atoms with Crippen LogP contribution in [0.5, 0.6) is 0 Å². The number of aromatic carboxylic acids is 1. The Morgan fingerprint density at radius 2 is 2.18 bits per heavy atom. The highest BCUT2D eigenvalue weighted by Gasteiger charge is 2.17. The standard InChI is InChI=1S/C11H15N3O3/c1-2-8-7-9(10(15)16)13-11(12-8)14-3-5-17-6-4-14/h7H,2-6H2,1H3,(H,15,16). The van der Waals surface area contributed by atoms with Crippen molar-refractivity contribution in [3.05, 3.63) is 17.5 Å². The van der Waals surface area contributed by atoms with Gasteiger partial charge in [0.05, 0.1) is 13.2 Å². The first-order valence-electron chi connectivity index (χ1n) is 5.64. The Labute approximate surface area is 99.2 Å². The number of hydrogen-bond acceptors (Lipinski definition) is 5. The Balaban J connectivity index is 2.31. The first-order chi connectivity index (χ1) is 8.20. The fourth-order valence-corrected chi connectivity index (χ4v) is 1.68. The van der Waals surface area contributed by atoms with E-state index < -0.39 is 5.97 Å². The minimum atomic E-state index is -1.02. The molecule has 1 aromatic heterocycles. The van der Waals surface area contributed by atoms with E-state index in [1.165, 1.54) is 6.07 Å². The first-order valence-corrected chi connectivity index (χ1v) is 5.64. The molecule has 1 aromatic rings. The van der Waals surface area contributed by atoms with Gasteiger partial charge in [-0.1, -0.05) is 6.92 Å². The summed E-state index contributed by atoms with van der Waals surface area (Å²) in [6, 6.07) is 1.52. The molecule has 0 bridgehead atoms. The van der Waals surface area contributed by atoms with Crippen LogP contribution in [0.15, 0.2) is 6.07 Å². The number of carbonyl (C=O) groups is 1. The Bertz CT molecular complexity index is 416. The molecule has 1 N–H and O–H groups in total. The number of nitrogens with zero attached hydrogens (tertiary/aromatic N) is 3. The van der Waals surface area contributed by atoms with Crippen LogP contribution in [0.2, 0.25) is 0 Å². The highest BCUT2D eigenvalue weighted by Crippen LogP contribution is 2.13. The van der Waals surface area contributed by atoms with Crippen molar-refractivity contribution in [1.29, 1.82) is 0 Å². The van der Waals surface area contributed by atoms with Gasteiger partial charge in [0, 0.05) is 18.8 Å². The van der Waals surface area contributed by atoms with Crippen molar-refractivity contribution < 1.29 is 14.6 Å². The van der Waals surface area contributed by atoms with Gasteiger partial charge < -0.3 is 14.7 Å². The molecule has 0 aliphatic carbocycles. The van der Waals surface area contributed by atoms with Gasteiger partial charge >= 0.3 is 5.97 Å². The molecule has 0 amide bonds. The third-order valence-corrected chi connectivity index (χ3v) is 2.64. The zero-order valence-electron chi connectivity index (χ0n) is 9.72. The summed E-state index contributed by atoms with van der Waals surface area (Å²) in [6.45, 7) is 4.60. The fraction of sp³-hybridized carbons (Fsp3) is 0.545. The molecule has 0 atom stereocenters. The van der Waals surface area contributed by atoms with Crippen LogP contribution in [-0.4, -0.2) is 47.3 Å². The molecule has 0 spiro atoms. The number of carboxylic acid groups (broad SMARTS) is 1. The fourth-order valence-electron chi connectivity index (χ4n) is 1.68. The molecule has 2 heterocycles. The van der Waals surface area contributed by atoms with Crippen molar-refractivity contribution in [1.82, 2.24) is 9.97 Å². The van der Waals surface area contributed by atoms with Gasteiger partial charge in [0.25, 0.3) is 0 Å². The predicted octanol–water partition coefficient (Wildman–Crippen LogP) is 0.574. The molecule has 1 saturated heterocycles. The van der Waals surface area contributed by atoms with Crippen molar-refractivity contribution in [2.45, 2.75) is 13.3 Å². The molecule has 92 valence electrons. The van der Waals surface area contributed by atoms with Crippen LogP contribution in [0.25, 0.3) is 0 Å². The lowest BCUT2D eigenvalue weighted by Crippen LogP contribution is -2.37. The summed E-state index contributed by atoms with van der Waals surface area (Å²) in [5, 5.41) is 8.99. The average Bonchev–Trinajstić information content (AvgIpc) is 2.39. The van der Waals surface area contributed by atoms with Crippen LogP contribution < -0.4 is 4.90 Å². The maximum atomic E-state index is 11.0. The summed E-state index contributed by atoms with van der Waals surface area (Å²) < 4.78 is 5.24. The molecule has 6 nitrogen and oxygen atoms in total. The van der Waals surface area contributed by atoms with Crippen LogP contribution in [0.4, 0.5) is 5.95 Å². The van der Waals surface area contributed by atoms with Gasteiger partial charge in [-0.25, -0.2) is 14.8 Å². The minimum absolute atomic E-state index is 0.0540. The SMILES string of the molecule is CCc1cc(C(=O)O)nc(N2CCOCC2)n1. The van der Waals surface area contributed by atoms with E-state index in [-0.39, 0.29) is 5.69 Å². The van der Waals surface area contributed by atoms with Crippen LogP contribution in [0.3, 0.4) is 0 Å². The van der Waals surface area contributed by atoms with Gasteiger partial charge in [0.15, 0.2) is 5.69 Å². The largest absolute Gasteiger partial charge is 0.477 e.